The van der Waals surface area contributed by atoms with E-state index < -0.39 is 39.8 Å². The van der Waals surface area contributed by atoms with Gasteiger partial charge in [0.1, 0.15) is 17.7 Å². The summed E-state index contributed by atoms with van der Waals surface area (Å²) in [4.78, 5) is 13.4. The van der Waals surface area contributed by atoms with Crippen LogP contribution >= 0.6 is 11.6 Å². The molecule has 2 aromatic carbocycles. The van der Waals surface area contributed by atoms with Crippen molar-refractivity contribution in [3.8, 4) is 11.5 Å². The summed E-state index contributed by atoms with van der Waals surface area (Å²) in [7, 11) is -3.90. The third-order valence-electron chi connectivity index (χ3n) is 4.12. The molecule has 1 heterocycles. The topological polar surface area (TPSA) is 84.9 Å². The average molecular weight is 483 g/mol. The van der Waals surface area contributed by atoms with Crippen LogP contribution in [0.1, 0.15) is 10.4 Å². The fraction of sp³-hybridized carbons (Fsp3) is 0.278. The molecule has 1 aliphatic rings. The minimum Gasteiger partial charge on any atom is -0.485 e. The van der Waals surface area contributed by atoms with E-state index in [-0.39, 0.29) is 35.3 Å². The second kappa shape index (κ2) is 8.42. The van der Waals surface area contributed by atoms with Crippen LogP contribution in [0.15, 0.2) is 36.4 Å². The molecule has 0 bridgehead atoms. The van der Waals surface area contributed by atoms with E-state index in [0.717, 1.165) is 18.4 Å². The number of nitrogens with one attached hydrogen (secondary N) is 1. The Morgan fingerprint density at radius 3 is 2.45 bits per heavy atom. The van der Waals surface area contributed by atoms with E-state index in [1.807, 2.05) is 0 Å². The molecule has 31 heavy (non-hydrogen) atoms. The first-order valence-corrected chi connectivity index (χ1v) is 10.9. The van der Waals surface area contributed by atoms with Crippen LogP contribution in [0.3, 0.4) is 0 Å². The van der Waals surface area contributed by atoms with Gasteiger partial charge in [-0.3, -0.25) is 4.79 Å². The Kier molecular flexibility index (Phi) is 6.23. The van der Waals surface area contributed by atoms with Crippen molar-refractivity contribution in [2.45, 2.75) is 12.5 Å². The van der Waals surface area contributed by atoms with Crippen LogP contribution in [0.2, 0.25) is 5.02 Å². The maximum Gasteiger partial charge on any atom is 0.573 e. The fourth-order valence-electron chi connectivity index (χ4n) is 2.83. The first kappa shape index (κ1) is 22.9. The Bertz CT molecular complexity index is 1100. The predicted molar refractivity (Wildman–Crippen MR) is 103 cm³/mol. The summed E-state index contributed by atoms with van der Waals surface area (Å²) in [6.07, 6.45) is -4.62. The number of carbonyl (C=O) groups is 1. The Hall–Kier alpha value is -2.73. The minimum absolute atomic E-state index is 0.0976. The van der Waals surface area contributed by atoms with Gasteiger partial charge in [0.25, 0.3) is 5.91 Å². The van der Waals surface area contributed by atoms with E-state index in [1.165, 1.54) is 18.2 Å². The molecule has 13 heteroatoms. The van der Waals surface area contributed by atoms with Crippen molar-refractivity contribution in [1.29, 1.82) is 0 Å². The van der Waals surface area contributed by atoms with Gasteiger partial charge in [-0.15, -0.1) is 13.2 Å². The number of carbonyl (C=O) groups excluding carboxylic acids is 1. The molecule has 3 rings (SSSR count). The Morgan fingerprint density at radius 1 is 1.19 bits per heavy atom. The normalized spacial score (nSPS) is 14.7. The monoisotopic (exact) mass is 482 g/mol. The van der Waals surface area contributed by atoms with Crippen molar-refractivity contribution in [3.63, 3.8) is 0 Å². The lowest BCUT2D eigenvalue weighted by molar-refractivity contribution is -0.274. The molecular weight excluding hydrogens is 468 g/mol. The van der Waals surface area contributed by atoms with Crippen molar-refractivity contribution in [2.24, 2.45) is 0 Å². The second-order valence-electron chi connectivity index (χ2n) is 6.63. The van der Waals surface area contributed by atoms with Gasteiger partial charge in [-0.25, -0.2) is 17.5 Å². The van der Waals surface area contributed by atoms with Crippen LogP contribution in [0.25, 0.3) is 0 Å². The molecular formula is C18H15ClF4N2O5S. The Morgan fingerprint density at radius 2 is 1.84 bits per heavy atom. The number of nitrogens with zero attached hydrogens (tertiary/aromatic N) is 1. The number of rotatable bonds is 6. The molecule has 0 atom stereocenters. The van der Waals surface area contributed by atoms with Crippen LogP contribution < -0.4 is 19.1 Å². The van der Waals surface area contributed by atoms with Gasteiger partial charge in [-0.2, -0.15) is 0 Å². The molecule has 0 aromatic heterocycles. The van der Waals surface area contributed by atoms with E-state index in [9.17, 15) is 30.8 Å². The molecule has 2 aromatic rings. The van der Waals surface area contributed by atoms with Crippen LogP contribution in [-0.4, -0.2) is 46.1 Å². The van der Waals surface area contributed by atoms with Gasteiger partial charge >= 0.3 is 6.36 Å². The maximum absolute atomic E-state index is 14.3. The first-order chi connectivity index (χ1) is 14.3. The molecule has 0 spiro atoms. The highest BCUT2D eigenvalue weighted by Crippen LogP contribution is 2.36. The van der Waals surface area contributed by atoms with Gasteiger partial charge in [0.05, 0.1) is 35.6 Å². The number of benzene rings is 2. The number of sulfonamides is 1. The van der Waals surface area contributed by atoms with Crippen molar-refractivity contribution < 1.29 is 40.2 Å². The predicted octanol–water partition coefficient (Wildman–Crippen LogP) is 3.33. The summed E-state index contributed by atoms with van der Waals surface area (Å²) in [5.41, 5.74) is -0.374. The SMILES string of the molecule is CS(=O)(=O)NC(=O)c1cc(Cl)c(OC2CN(c3ccccc3OC(F)(F)F)C2)cc1F. The lowest BCUT2D eigenvalue weighted by Crippen LogP contribution is -2.54. The molecule has 1 aliphatic heterocycles. The number of hydrogen-bond donors (Lipinski definition) is 1. The van der Waals surface area contributed by atoms with E-state index in [2.05, 4.69) is 4.74 Å². The Labute approximate surface area is 179 Å². The van der Waals surface area contributed by atoms with E-state index in [4.69, 9.17) is 16.3 Å². The molecule has 0 saturated carbocycles. The van der Waals surface area contributed by atoms with Gasteiger partial charge < -0.3 is 14.4 Å². The largest absolute Gasteiger partial charge is 0.573 e. The number of halogens is 5. The van der Waals surface area contributed by atoms with Crippen molar-refractivity contribution in [3.05, 3.63) is 52.8 Å². The van der Waals surface area contributed by atoms with Crippen LogP contribution in [0.5, 0.6) is 11.5 Å². The van der Waals surface area contributed by atoms with E-state index in [0.29, 0.717) is 0 Å². The van der Waals surface area contributed by atoms with Crippen LogP contribution in [0, 0.1) is 5.82 Å². The standard InChI is InChI=1S/C18H15ClF4N2O5S/c1-31(27,28)24-17(26)11-6-12(19)16(7-13(11)20)29-10-8-25(9-10)14-4-2-3-5-15(14)30-18(21,22)23/h2-7,10H,8-9H2,1H3,(H,24,26). The third-order valence-corrected chi connectivity index (χ3v) is 4.97. The zero-order valence-electron chi connectivity index (χ0n) is 15.7. The van der Waals surface area contributed by atoms with E-state index >= 15 is 0 Å². The number of para-hydroxylation sites is 2. The highest BCUT2D eigenvalue weighted by molar-refractivity contribution is 7.89. The summed E-state index contributed by atoms with van der Waals surface area (Å²) in [6.45, 7) is 0.346. The number of alkyl halides is 3. The minimum atomic E-state index is -4.84. The van der Waals surface area contributed by atoms with Gasteiger partial charge in [0.2, 0.25) is 10.0 Å². The number of anilines is 1. The molecule has 0 unspecified atom stereocenters. The lowest BCUT2D eigenvalue weighted by Gasteiger charge is -2.41. The quantitative estimate of drug-likeness (QED) is 0.636. The van der Waals surface area contributed by atoms with E-state index in [1.54, 1.807) is 15.7 Å². The van der Waals surface area contributed by atoms with Gasteiger partial charge in [-0.1, -0.05) is 23.7 Å². The second-order valence-corrected chi connectivity index (χ2v) is 8.78. The van der Waals surface area contributed by atoms with Crippen molar-refractivity contribution in [1.82, 2.24) is 4.72 Å². The molecule has 0 radical (unpaired) electrons. The highest BCUT2D eigenvalue weighted by atomic mass is 35.5. The van der Waals surface area contributed by atoms with Crippen molar-refractivity contribution >= 4 is 33.2 Å². The zero-order valence-corrected chi connectivity index (χ0v) is 17.3. The summed E-state index contributed by atoms with van der Waals surface area (Å²) in [5, 5.41) is -0.140. The average Bonchev–Trinajstić information content (AvgIpc) is 2.58. The maximum atomic E-state index is 14.3. The molecule has 1 saturated heterocycles. The molecule has 7 nitrogen and oxygen atoms in total. The van der Waals surface area contributed by atoms with Crippen LogP contribution in [0.4, 0.5) is 23.2 Å². The molecule has 1 N–H and O–H groups in total. The van der Waals surface area contributed by atoms with Gasteiger partial charge in [-0.05, 0) is 18.2 Å². The number of ether oxygens (including phenoxy) is 2. The molecule has 0 aliphatic carbocycles. The first-order valence-electron chi connectivity index (χ1n) is 8.60. The molecule has 1 fully saturated rings. The van der Waals surface area contributed by atoms with Crippen LogP contribution in [-0.2, 0) is 10.0 Å². The highest BCUT2D eigenvalue weighted by Gasteiger charge is 2.36. The number of amides is 1. The molecule has 1 amide bonds. The van der Waals surface area contributed by atoms with Crippen molar-refractivity contribution in [2.75, 3.05) is 24.2 Å². The van der Waals surface area contributed by atoms with Gasteiger partial charge in [0, 0.05) is 6.07 Å². The Balaban J connectivity index is 1.67. The van der Waals surface area contributed by atoms with Gasteiger partial charge in [0.15, 0.2) is 5.75 Å². The summed E-state index contributed by atoms with van der Waals surface area (Å²) in [5.74, 6) is -2.71. The summed E-state index contributed by atoms with van der Waals surface area (Å²) < 4.78 is 85.4. The zero-order chi connectivity index (χ0) is 23.0. The third kappa shape index (κ3) is 5.91. The summed E-state index contributed by atoms with van der Waals surface area (Å²) >= 11 is 6.01. The smallest absolute Gasteiger partial charge is 0.485 e. The lowest BCUT2D eigenvalue weighted by atomic mass is 10.1. The molecule has 168 valence electrons. The number of hydrogen-bond acceptors (Lipinski definition) is 6. The fourth-order valence-corrected chi connectivity index (χ4v) is 3.49. The summed E-state index contributed by atoms with van der Waals surface area (Å²) in [6, 6.07) is 7.36.